The number of furan rings is 1. The smallest absolute Gasteiger partial charge is 0.158 e. The van der Waals surface area contributed by atoms with Gasteiger partial charge < -0.3 is 24.5 Å². The van der Waals surface area contributed by atoms with Gasteiger partial charge in [0.15, 0.2) is 5.54 Å². The number of dihydropyridines is 1. The molecule has 1 aliphatic rings. The standard InChI is InChI=1S/C23H21N5O3/c1-29-18-6-5-17(19(12-18)30-2)14-26-22-16(13-24)7-9-23(28-22,21-4-3-11-31-21)20-8-10-25-15-27-20/h3-12,15,26,28H,14H2,1-2H3. The Bertz CT molecular complexity index is 1150. The topological polar surface area (TPSA) is 105 Å². The van der Waals surface area contributed by atoms with Gasteiger partial charge in [-0.25, -0.2) is 9.97 Å². The summed E-state index contributed by atoms with van der Waals surface area (Å²) in [6.45, 7) is 0.423. The van der Waals surface area contributed by atoms with E-state index in [1.54, 1.807) is 38.8 Å². The van der Waals surface area contributed by atoms with Crippen LogP contribution in [-0.2, 0) is 12.1 Å². The van der Waals surface area contributed by atoms with Gasteiger partial charge in [-0.1, -0.05) is 0 Å². The number of nitrogens with one attached hydrogen (secondary N) is 2. The first-order valence-corrected chi connectivity index (χ1v) is 9.57. The van der Waals surface area contributed by atoms with Crippen LogP contribution in [0.1, 0.15) is 17.0 Å². The fourth-order valence-corrected chi connectivity index (χ4v) is 3.46. The molecular formula is C23H21N5O3. The molecule has 0 spiro atoms. The van der Waals surface area contributed by atoms with E-state index in [-0.39, 0.29) is 0 Å². The van der Waals surface area contributed by atoms with Gasteiger partial charge in [0.1, 0.15) is 35.5 Å². The molecule has 3 heterocycles. The van der Waals surface area contributed by atoms with Crippen LogP contribution < -0.4 is 20.1 Å². The molecule has 8 heteroatoms. The zero-order valence-corrected chi connectivity index (χ0v) is 17.1. The SMILES string of the molecule is COc1ccc(CNC2=C(C#N)C=CC(c3ccncn3)(c3ccco3)N2)c(OC)c1. The summed E-state index contributed by atoms with van der Waals surface area (Å²) in [6, 6.07) is 13.3. The van der Waals surface area contributed by atoms with E-state index in [1.165, 1.54) is 6.33 Å². The predicted octanol–water partition coefficient (Wildman–Crippen LogP) is 3.01. The van der Waals surface area contributed by atoms with Gasteiger partial charge in [-0.3, -0.25) is 0 Å². The lowest BCUT2D eigenvalue weighted by Crippen LogP contribution is -2.47. The van der Waals surface area contributed by atoms with Crippen molar-refractivity contribution >= 4 is 0 Å². The highest BCUT2D eigenvalue weighted by atomic mass is 16.5. The Hall–Kier alpha value is -4.25. The van der Waals surface area contributed by atoms with Crippen LogP contribution in [0.5, 0.6) is 11.5 Å². The van der Waals surface area contributed by atoms with Gasteiger partial charge in [-0.05, 0) is 42.5 Å². The Balaban J connectivity index is 1.67. The summed E-state index contributed by atoms with van der Waals surface area (Å²) >= 11 is 0. The number of rotatable bonds is 7. The van der Waals surface area contributed by atoms with Crippen molar-refractivity contribution in [2.45, 2.75) is 12.1 Å². The molecule has 2 N–H and O–H groups in total. The van der Waals surface area contributed by atoms with E-state index in [9.17, 15) is 5.26 Å². The summed E-state index contributed by atoms with van der Waals surface area (Å²) in [4.78, 5) is 8.44. The molecule has 0 saturated heterocycles. The molecular weight excluding hydrogens is 394 g/mol. The summed E-state index contributed by atoms with van der Waals surface area (Å²) in [6.07, 6.45) is 8.38. The molecule has 0 bridgehead atoms. The zero-order chi connectivity index (χ0) is 21.7. The van der Waals surface area contributed by atoms with Gasteiger partial charge in [0.25, 0.3) is 0 Å². The maximum atomic E-state index is 9.67. The summed E-state index contributed by atoms with van der Waals surface area (Å²) in [5.74, 6) is 2.58. The molecule has 0 radical (unpaired) electrons. The third-order valence-electron chi connectivity index (χ3n) is 5.06. The largest absolute Gasteiger partial charge is 0.497 e. The predicted molar refractivity (Wildman–Crippen MR) is 113 cm³/mol. The van der Waals surface area contributed by atoms with Crippen molar-refractivity contribution in [2.24, 2.45) is 0 Å². The molecule has 1 atom stereocenters. The first kappa shape index (κ1) is 20.0. The second-order valence-electron chi connectivity index (χ2n) is 6.77. The van der Waals surface area contributed by atoms with Crippen molar-refractivity contribution in [1.29, 1.82) is 5.26 Å². The molecule has 0 fully saturated rings. The average Bonchev–Trinajstić information content (AvgIpc) is 3.38. The molecule has 0 saturated carbocycles. The summed E-state index contributed by atoms with van der Waals surface area (Å²) in [5.41, 5.74) is 1.17. The van der Waals surface area contributed by atoms with Gasteiger partial charge >= 0.3 is 0 Å². The fraction of sp³-hybridized carbons (Fsp3) is 0.174. The van der Waals surface area contributed by atoms with Gasteiger partial charge in [0.2, 0.25) is 0 Å². The normalized spacial score (nSPS) is 17.6. The van der Waals surface area contributed by atoms with Gasteiger partial charge in [-0.2, -0.15) is 5.26 Å². The van der Waals surface area contributed by atoms with Crippen molar-refractivity contribution in [3.05, 3.63) is 95.7 Å². The number of hydrogen-bond donors (Lipinski definition) is 2. The number of aromatic nitrogens is 2. The van der Waals surface area contributed by atoms with Crippen LogP contribution in [0, 0.1) is 11.3 Å². The van der Waals surface area contributed by atoms with Crippen molar-refractivity contribution in [3.63, 3.8) is 0 Å². The van der Waals surface area contributed by atoms with Crippen molar-refractivity contribution in [1.82, 2.24) is 20.6 Å². The van der Waals surface area contributed by atoms with Gasteiger partial charge in [0, 0.05) is 24.4 Å². The number of nitrogens with zero attached hydrogens (tertiary/aromatic N) is 3. The third-order valence-corrected chi connectivity index (χ3v) is 5.06. The van der Waals surface area contributed by atoms with Crippen molar-refractivity contribution in [2.75, 3.05) is 14.2 Å². The van der Waals surface area contributed by atoms with E-state index in [1.807, 2.05) is 36.4 Å². The van der Waals surface area contributed by atoms with E-state index in [4.69, 9.17) is 13.9 Å². The van der Waals surface area contributed by atoms with E-state index in [2.05, 4.69) is 26.7 Å². The number of benzene rings is 1. The molecule has 1 unspecified atom stereocenters. The molecule has 31 heavy (non-hydrogen) atoms. The Morgan fingerprint density at radius 3 is 2.81 bits per heavy atom. The lowest BCUT2D eigenvalue weighted by molar-refractivity contribution is 0.379. The Morgan fingerprint density at radius 1 is 1.23 bits per heavy atom. The Labute approximate surface area is 179 Å². The van der Waals surface area contributed by atoms with E-state index in [0.29, 0.717) is 40.9 Å². The molecule has 8 nitrogen and oxygen atoms in total. The Morgan fingerprint density at radius 2 is 2.13 bits per heavy atom. The first-order chi connectivity index (χ1) is 15.2. The lowest BCUT2D eigenvalue weighted by Gasteiger charge is -2.34. The van der Waals surface area contributed by atoms with Crippen LogP contribution >= 0.6 is 0 Å². The van der Waals surface area contributed by atoms with Crippen LogP contribution in [0.4, 0.5) is 0 Å². The van der Waals surface area contributed by atoms with Crippen molar-refractivity contribution in [3.8, 4) is 17.6 Å². The highest BCUT2D eigenvalue weighted by Gasteiger charge is 2.39. The molecule has 0 amide bonds. The number of ether oxygens (including phenoxy) is 2. The quantitative estimate of drug-likeness (QED) is 0.607. The number of methoxy groups -OCH3 is 2. The highest BCUT2D eigenvalue weighted by molar-refractivity contribution is 5.49. The summed E-state index contributed by atoms with van der Waals surface area (Å²) in [5, 5.41) is 16.4. The van der Waals surface area contributed by atoms with Crippen LogP contribution in [0.15, 0.2) is 83.1 Å². The van der Waals surface area contributed by atoms with E-state index in [0.717, 1.165) is 5.56 Å². The molecule has 1 aromatic carbocycles. The molecule has 156 valence electrons. The second kappa shape index (κ2) is 8.63. The van der Waals surface area contributed by atoms with Gasteiger partial charge in [0.05, 0.1) is 31.7 Å². The Kier molecular flexibility index (Phi) is 5.58. The van der Waals surface area contributed by atoms with E-state index < -0.39 is 5.54 Å². The number of nitriles is 1. The zero-order valence-electron chi connectivity index (χ0n) is 17.1. The highest BCUT2D eigenvalue weighted by Crippen LogP contribution is 2.34. The second-order valence-corrected chi connectivity index (χ2v) is 6.77. The van der Waals surface area contributed by atoms with E-state index >= 15 is 0 Å². The molecule has 2 aromatic heterocycles. The number of hydrogen-bond acceptors (Lipinski definition) is 8. The fourth-order valence-electron chi connectivity index (χ4n) is 3.46. The third kappa shape index (κ3) is 3.81. The van der Waals surface area contributed by atoms with Gasteiger partial charge in [-0.15, -0.1) is 0 Å². The summed E-state index contributed by atoms with van der Waals surface area (Å²) < 4.78 is 16.5. The van der Waals surface area contributed by atoms with Crippen LogP contribution in [0.25, 0.3) is 0 Å². The molecule has 0 aliphatic carbocycles. The minimum Gasteiger partial charge on any atom is -0.497 e. The maximum Gasteiger partial charge on any atom is 0.158 e. The average molecular weight is 415 g/mol. The molecule has 1 aliphatic heterocycles. The van der Waals surface area contributed by atoms with Crippen LogP contribution in [0.3, 0.4) is 0 Å². The summed E-state index contributed by atoms with van der Waals surface area (Å²) in [7, 11) is 3.22. The number of allylic oxidation sites excluding steroid dienone is 2. The van der Waals surface area contributed by atoms with Crippen LogP contribution in [-0.4, -0.2) is 24.2 Å². The molecule has 3 aromatic rings. The maximum absolute atomic E-state index is 9.67. The van der Waals surface area contributed by atoms with Crippen LogP contribution in [0.2, 0.25) is 0 Å². The lowest BCUT2D eigenvalue weighted by atomic mass is 9.88. The minimum absolute atomic E-state index is 0.423. The minimum atomic E-state index is -0.890. The first-order valence-electron chi connectivity index (χ1n) is 9.57. The monoisotopic (exact) mass is 415 g/mol. The molecule has 4 rings (SSSR count). The van der Waals surface area contributed by atoms with Crippen molar-refractivity contribution < 1.29 is 13.9 Å².